The Kier molecular flexibility index (Phi) is 3.82. The molecule has 80 valence electrons. The third-order valence-corrected chi connectivity index (χ3v) is 1.84. The second kappa shape index (κ2) is 5.11. The van der Waals surface area contributed by atoms with Crippen LogP contribution in [0.3, 0.4) is 0 Å². The van der Waals surface area contributed by atoms with Crippen molar-refractivity contribution in [1.82, 2.24) is 0 Å². The van der Waals surface area contributed by atoms with Gasteiger partial charge in [0, 0.05) is 5.69 Å². The molecule has 15 heavy (non-hydrogen) atoms. The van der Waals surface area contributed by atoms with Crippen molar-refractivity contribution in [3.05, 3.63) is 29.8 Å². The first-order chi connectivity index (χ1) is 7.13. The van der Waals surface area contributed by atoms with Crippen molar-refractivity contribution in [2.75, 3.05) is 11.9 Å². The van der Waals surface area contributed by atoms with E-state index >= 15 is 0 Å². The Labute approximate surface area is 87.4 Å². The number of carbonyl (C=O) groups excluding carboxylic acids is 2. The molecule has 1 aromatic carbocycles. The zero-order valence-electron chi connectivity index (χ0n) is 8.19. The molecule has 0 aliphatic rings. The van der Waals surface area contributed by atoms with Crippen LogP contribution in [-0.2, 0) is 16.0 Å². The van der Waals surface area contributed by atoms with Gasteiger partial charge in [0.25, 0.3) is 0 Å². The van der Waals surface area contributed by atoms with Gasteiger partial charge in [-0.25, -0.2) is 0 Å². The highest BCUT2D eigenvalue weighted by molar-refractivity contribution is 6.39. The number of carbonyl (C=O) groups is 2. The average Bonchev–Trinajstić information content (AvgIpc) is 2.18. The monoisotopic (exact) mass is 207 g/mol. The Bertz CT molecular complexity index is 377. The van der Waals surface area contributed by atoms with Crippen molar-refractivity contribution in [3.8, 4) is 0 Å². The summed E-state index contributed by atoms with van der Waals surface area (Å²) in [7, 11) is 0. The summed E-state index contributed by atoms with van der Waals surface area (Å²) >= 11 is 0. The number of primary amides is 1. The molecule has 1 rings (SSSR count). The number of nitrogens with one attached hydrogen (secondary N) is 1. The van der Waals surface area contributed by atoms with Gasteiger partial charge in [0.15, 0.2) is 0 Å². The van der Waals surface area contributed by atoms with Gasteiger partial charge < -0.3 is 16.8 Å². The highest BCUT2D eigenvalue weighted by Gasteiger charge is 2.08. The van der Waals surface area contributed by atoms with Gasteiger partial charge >= 0.3 is 11.8 Å². The lowest BCUT2D eigenvalue weighted by molar-refractivity contribution is -0.134. The van der Waals surface area contributed by atoms with Gasteiger partial charge in [0.1, 0.15) is 0 Å². The molecule has 5 N–H and O–H groups in total. The minimum Gasteiger partial charge on any atom is -0.361 e. The quantitative estimate of drug-likeness (QED) is 0.589. The van der Waals surface area contributed by atoms with Crippen LogP contribution in [0.2, 0.25) is 0 Å². The first-order valence-corrected chi connectivity index (χ1v) is 4.53. The van der Waals surface area contributed by atoms with E-state index in [1.807, 2.05) is 6.07 Å². The van der Waals surface area contributed by atoms with Crippen LogP contribution in [0.5, 0.6) is 0 Å². The lowest BCUT2D eigenvalue weighted by Gasteiger charge is -2.04. The number of rotatable bonds is 3. The van der Waals surface area contributed by atoms with E-state index in [-0.39, 0.29) is 0 Å². The maximum Gasteiger partial charge on any atom is 0.313 e. The van der Waals surface area contributed by atoms with Crippen LogP contribution in [0.15, 0.2) is 24.3 Å². The van der Waals surface area contributed by atoms with Gasteiger partial charge in [0.05, 0.1) is 0 Å². The maximum absolute atomic E-state index is 11.0. The summed E-state index contributed by atoms with van der Waals surface area (Å²) < 4.78 is 0. The van der Waals surface area contributed by atoms with Crippen LogP contribution in [0.4, 0.5) is 5.69 Å². The predicted octanol–water partition coefficient (Wildman–Crippen LogP) is -0.388. The van der Waals surface area contributed by atoms with Crippen molar-refractivity contribution in [3.63, 3.8) is 0 Å². The summed E-state index contributed by atoms with van der Waals surface area (Å²) in [6.07, 6.45) is 0.723. The van der Waals surface area contributed by atoms with Gasteiger partial charge in [0.2, 0.25) is 0 Å². The van der Waals surface area contributed by atoms with Gasteiger partial charge in [-0.05, 0) is 30.7 Å². The van der Waals surface area contributed by atoms with E-state index in [2.05, 4.69) is 5.32 Å². The van der Waals surface area contributed by atoms with E-state index in [0.717, 1.165) is 12.0 Å². The SMILES string of the molecule is NCCc1cccc(NC(=O)C(N)=O)c1. The van der Waals surface area contributed by atoms with E-state index in [0.29, 0.717) is 12.2 Å². The lowest BCUT2D eigenvalue weighted by Crippen LogP contribution is -2.29. The fraction of sp³-hybridized carbons (Fsp3) is 0.200. The molecule has 1 aromatic rings. The van der Waals surface area contributed by atoms with Gasteiger partial charge in [-0.1, -0.05) is 12.1 Å². The summed E-state index contributed by atoms with van der Waals surface area (Å²) in [4.78, 5) is 21.5. The van der Waals surface area contributed by atoms with Crippen LogP contribution in [0, 0.1) is 0 Å². The summed E-state index contributed by atoms with van der Waals surface area (Å²) in [6, 6.07) is 7.11. The van der Waals surface area contributed by atoms with E-state index < -0.39 is 11.8 Å². The van der Waals surface area contributed by atoms with Crippen LogP contribution in [-0.4, -0.2) is 18.4 Å². The highest BCUT2D eigenvalue weighted by atomic mass is 16.2. The fourth-order valence-electron chi connectivity index (χ4n) is 1.16. The normalized spacial score (nSPS) is 9.67. The first kappa shape index (κ1) is 11.2. The molecule has 2 amide bonds. The second-order valence-corrected chi connectivity index (χ2v) is 3.06. The molecule has 0 spiro atoms. The zero-order chi connectivity index (χ0) is 11.3. The second-order valence-electron chi connectivity index (χ2n) is 3.06. The van der Waals surface area contributed by atoms with E-state index in [4.69, 9.17) is 11.5 Å². The minimum absolute atomic E-state index is 0.535. The van der Waals surface area contributed by atoms with Gasteiger partial charge in [-0.3, -0.25) is 9.59 Å². The third kappa shape index (κ3) is 3.40. The molecule has 0 aromatic heterocycles. The molecule has 0 atom stereocenters. The van der Waals surface area contributed by atoms with Gasteiger partial charge in [-0.2, -0.15) is 0 Å². The first-order valence-electron chi connectivity index (χ1n) is 4.53. The number of benzene rings is 1. The fourth-order valence-corrected chi connectivity index (χ4v) is 1.16. The third-order valence-electron chi connectivity index (χ3n) is 1.84. The summed E-state index contributed by atoms with van der Waals surface area (Å²) in [5.74, 6) is -1.82. The van der Waals surface area contributed by atoms with E-state index in [1.54, 1.807) is 18.2 Å². The van der Waals surface area contributed by atoms with Crippen molar-refractivity contribution in [1.29, 1.82) is 0 Å². The number of nitrogens with two attached hydrogens (primary N) is 2. The lowest BCUT2D eigenvalue weighted by atomic mass is 10.1. The van der Waals surface area contributed by atoms with Gasteiger partial charge in [-0.15, -0.1) is 0 Å². The summed E-state index contributed by atoms with van der Waals surface area (Å²) in [6.45, 7) is 0.535. The molecule has 0 aliphatic heterocycles. The van der Waals surface area contributed by atoms with Crippen LogP contribution < -0.4 is 16.8 Å². The van der Waals surface area contributed by atoms with Crippen molar-refractivity contribution in [2.24, 2.45) is 11.5 Å². The summed E-state index contributed by atoms with van der Waals surface area (Å²) in [5, 5.41) is 2.39. The van der Waals surface area contributed by atoms with Crippen molar-refractivity contribution in [2.45, 2.75) is 6.42 Å². The molecular weight excluding hydrogens is 194 g/mol. The Morgan fingerprint density at radius 2 is 2.07 bits per heavy atom. The number of amides is 2. The number of hydrogen-bond acceptors (Lipinski definition) is 3. The van der Waals surface area contributed by atoms with Crippen molar-refractivity contribution >= 4 is 17.5 Å². The molecule has 0 unspecified atom stereocenters. The predicted molar refractivity (Wildman–Crippen MR) is 57.0 cm³/mol. The molecule has 5 heteroatoms. The van der Waals surface area contributed by atoms with E-state index in [1.165, 1.54) is 0 Å². The number of anilines is 1. The average molecular weight is 207 g/mol. The smallest absolute Gasteiger partial charge is 0.313 e. The molecule has 0 fully saturated rings. The molecule has 0 saturated heterocycles. The molecule has 0 heterocycles. The molecule has 0 bridgehead atoms. The molecule has 0 radical (unpaired) electrons. The molecular formula is C10H13N3O2. The Balaban J connectivity index is 2.73. The topological polar surface area (TPSA) is 98.2 Å². The van der Waals surface area contributed by atoms with Crippen LogP contribution in [0.25, 0.3) is 0 Å². The maximum atomic E-state index is 11.0. The minimum atomic E-state index is -1.00. The molecule has 0 saturated carbocycles. The molecule has 0 aliphatic carbocycles. The standard InChI is InChI=1S/C10H13N3O2/c11-5-4-7-2-1-3-8(6-7)13-10(15)9(12)14/h1-3,6H,4-5,11H2,(H2,12,14)(H,13,15). The zero-order valence-corrected chi connectivity index (χ0v) is 8.19. The van der Waals surface area contributed by atoms with E-state index in [9.17, 15) is 9.59 Å². The Morgan fingerprint density at radius 1 is 1.33 bits per heavy atom. The number of hydrogen-bond donors (Lipinski definition) is 3. The molecule has 5 nitrogen and oxygen atoms in total. The van der Waals surface area contributed by atoms with Crippen LogP contribution in [0.1, 0.15) is 5.56 Å². The van der Waals surface area contributed by atoms with Crippen LogP contribution >= 0.6 is 0 Å². The summed E-state index contributed by atoms with van der Waals surface area (Å²) in [5.41, 5.74) is 11.8. The van der Waals surface area contributed by atoms with Crippen molar-refractivity contribution < 1.29 is 9.59 Å². The Morgan fingerprint density at radius 3 is 2.67 bits per heavy atom. The largest absolute Gasteiger partial charge is 0.361 e. The highest BCUT2D eigenvalue weighted by Crippen LogP contribution is 2.10. The Hall–Kier alpha value is -1.88.